The first-order chi connectivity index (χ1) is 10.2. The highest BCUT2D eigenvalue weighted by Crippen LogP contribution is 2.31. The van der Waals surface area contributed by atoms with E-state index in [-0.39, 0.29) is 5.91 Å². The maximum Gasteiger partial charge on any atom is 0.231 e. The Hall–Kier alpha value is -2.49. The van der Waals surface area contributed by atoms with Crippen LogP contribution in [0.2, 0.25) is 0 Å². The van der Waals surface area contributed by atoms with Gasteiger partial charge >= 0.3 is 0 Å². The van der Waals surface area contributed by atoms with Gasteiger partial charge in [0, 0.05) is 23.5 Å². The fraction of sp³-hybridized carbons (Fsp3) is 0.235. The Morgan fingerprint density at radius 3 is 2.90 bits per heavy atom. The Labute approximate surface area is 124 Å². The van der Waals surface area contributed by atoms with E-state index in [0.29, 0.717) is 18.7 Å². The molecule has 4 heteroatoms. The van der Waals surface area contributed by atoms with E-state index in [1.54, 1.807) is 7.11 Å². The molecule has 0 spiro atoms. The lowest BCUT2D eigenvalue weighted by molar-refractivity contribution is -0.117. The number of hydrogen-bond donors (Lipinski definition) is 1. The molecule has 21 heavy (non-hydrogen) atoms. The van der Waals surface area contributed by atoms with E-state index >= 15 is 0 Å². The predicted molar refractivity (Wildman–Crippen MR) is 83.6 cm³/mol. The predicted octanol–water partition coefficient (Wildman–Crippen LogP) is 2.41. The molecule has 1 heterocycles. The summed E-state index contributed by atoms with van der Waals surface area (Å²) in [6.07, 6.45) is 1.21. The monoisotopic (exact) mass is 282 g/mol. The van der Waals surface area contributed by atoms with Crippen molar-refractivity contribution in [3.63, 3.8) is 0 Å². The van der Waals surface area contributed by atoms with E-state index < -0.39 is 0 Å². The molecule has 1 aliphatic heterocycles. The average molecular weight is 282 g/mol. The van der Waals surface area contributed by atoms with Crippen molar-refractivity contribution < 1.29 is 9.53 Å². The molecule has 108 valence electrons. The van der Waals surface area contributed by atoms with Gasteiger partial charge in [-0.1, -0.05) is 24.3 Å². The number of benzene rings is 2. The molecule has 4 nitrogen and oxygen atoms in total. The van der Waals surface area contributed by atoms with Gasteiger partial charge in [-0.05, 0) is 30.2 Å². The van der Waals surface area contributed by atoms with Gasteiger partial charge in [-0.3, -0.25) is 4.79 Å². The third-order valence-corrected chi connectivity index (χ3v) is 3.84. The van der Waals surface area contributed by atoms with Crippen LogP contribution in [0.15, 0.2) is 42.5 Å². The van der Waals surface area contributed by atoms with Crippen molar-refractivity contribution in [1.82, 2.24) is 0 Å². The van der Waals surface area contributed by atoms with Crippen LogP contribution in [0.1, 0.15) is 11.1 Å². The molecule has 0 atom stereocenters. The van der Waals surface area contributed by atoms with Crippen LogP contribution in [0.25, 0.3) is 0 Å². The molecule has 2 aromatic carbocycles. The zero-order chi connectivity index (χ0) is 14.8. The van der Waals surface area contributed by atoms with Crippen molar-refractivity contribution in [1.29, 1.82) is 0 Å². The third-order valence-electron chi connectivity index (χ3n) is 3.84. The second kappa shape index (κ2) is 5.48. The number of ether oxygens (including phenoxy) is 1. The number of carbonyl (C=O) groups is 1. The van der Waals surface area contributed by atoms with Crippen LogP contribution in [-0.4, -0.2) is 19.6 Å². The van der Waals surface area contributed by atoms with Crippen LogP contribution in [0.4, 0.5) is 11.4 Å². The molecule has 1 aliphatic rings. The number of nitrogen functional groups attached to an aromatic ring is 1. The first-order valence-electron chi connectivity index (χ1n) is 6.99. The number of para-hydroxylation sites is 1. The van der Waals surface area contributed by atoms with Crippen molar-refractivity contribution in [3.05, 3.63) is 53.6 Å². The summed E-state index contributed by atoms with van der Waals surface area (Å²) in [6, 6.07) is 13.4. The van der Waals surface area contributed by atoms with E-state index in [4.69, 9.17) is 10.5 Å². The molecular formula is C17H18N2O2. The summed E-state index contributed by atoms with van der Waals surface area (Å²) in [6.45, 7) is 0.715. The number of anilines is 2. The molecule has 0 saturated heterocycles. The van der Waals surface area contributed by atoms with Gasteiger partial charge in [0.25, 0.3) is 0 Å². The van der Waals surface area contributed by atoms with E-state index in [2.05, 4.69) is 0 Å². The summed E-state index contributed by atoms with van der Waals surface area (Å²) in [5.74, 6) is 0.821. The minimum absolute atomic E-state index is 0.0730. The van der Waals surface area contributed by atoms with Crippen LogP contribution < -0.4 is 15.4 Å². The Kier molecular flexibility index (Phi) is 3.52. The minimum atomic E-state index is 0.0730. The number of nitrogens with zero attached hydrogens (tertiary/aromatic N) is 1. The van der Waals surface area contributed by atoms with E-state index in [0.717, 1.165) is 23.4 Å². The first kappa shape index (κ1) is 13.5. The molecular weight excluding hydrogens is 264 g/mol. The van der Waals surface area contributed by atoms with Crippen LogP contribution in [-0.2, 0) is 17.6 Å². The zero-order valence-corrected chi connectivity index (χ0v) is 12.0. The molecule has 0 fully saturated rings. The van der Waals surface area contributed by atoms with Gasteiger partial charge in [-0.15, -0.1) is 0 Å². The lowest BCUT2D eigenvalue weighted by Crippen LogP contribution is -2.30. The molecule has 0 unspecified atom stereocenters. The zero-order valence-electron chi connectivity index (χ0n) is 12.0. The third kappa shape index (κ3) is 2.57. The van der Waals surface area contributed by atoms with Gasteiger partial charge in [0.05, 0.1) is 13.5 Å². The molecule has 0 bridgehead atoms. The smallest absolute Gasteiger partial charge is 0.231 e. The molecule has 2 N–H and O–H groups in total. The largest absolute Gasteiger partial charge is 0.496 e. The number of nitrogens with two attached hydrogens (primary N) is 1. The van der Waals surface area contributed by atoms with Crippen LogP contribution >= 0.6 is 0 Å². The maximum atomic E-state index is 12.6. The normalized spacial score (nSPS) is 13.1. The summed E-state index contributed by atoms with van der Waals surface area (Å²) in [5, 5.41) is 0. The number of methoxy groups -OCH3 is 1. The molecule has 2 aromatic rings. The summed E-state index contributed by atoms with van der Waals surface area (Å²) in [7, 11) is 1.62. The fourth-order valence-electron chi connectivity index (χ4n) is 2.76. The van der Waals surface area contributed by atoms with Gasteiger partial charge < -0.3 is 15.4 Å². The molecule has 1 amide bonds. The second-order valence-corrected chi connectivity index (χ2v) is 5.17. The van der Waals surface area contributed by atoms with Gasteiger partial charge in [-0.25, -0.2) is 0 Å². The molecule has 0 radical (unpaired) electrons. The minimum Gasteiger partial charge on any atom is -0.496 e. The Morgan fingerprint density at radius 2 is 2.10 bits per heavy atom. The van der Waals surface area contributed by atoms with E-state index in [9.17, 15) is 4.79 Å². The standard InChI is InChI=1S/C17H18N2O2/c1-21-16-5-3-2-4-13(16)10-17(20)19-9-8-12-6-7-14(18)11-15(12)19/h2-7,11H,8-10,18H2,1H3. The van der Waals surface area contributed by atoms with Crippen molar-refractivity contribution in [2.75, 3.05) is 24.3 Å². The maximum absolute atomic E-state index is 12.6. The Bertz CT molecular complexity index is 682. The van der Waals surface area contributed by atoms with Gasteiger partial charge in [-0.2, -0.15) is 0 Å². The van der Waals surface area contributed by atoms with Crippen molar-refractivity contribution in [2.24, 2.45) is 0 Å². The highest BCUT2D eigenvalue weighted by atomic mass is 16.5. The number of carbonyl (C=O) groups excluding carboxylic acids is 1. The SMILES string of the molecule is COc1ccccc1CC(=O)N1CCc2ccc(N)cc21. The number of rotatable bonds is 3. The summed E-state index contributed by atoms with van der Waals surface area (Å²) >= 11 is 0. The van der Waals surface area contributed by atoms with Crippen molar-refractivity contribution in [2.45, 2.75) is 12.8 Å². The highest BCUT2D eigenvalue weighted by molar-refractivity contribution is 5.97. The van der Waals surface area contributed by atoms with E-state index in [1.165, 1.54) is 5.56 Å². The van der Waals surface area contributed by atoms with E-state index in [1.807, 2.05) is 47.4 Å². The summed E-state index contributed by atoms with van der Waals surface area (Å²) < 4.78 is 5.31. The van der Waals surface area contributed by atoms with Gasteiger partial charge in [0.2, 0.25) is 5.91 Å². The van der Waals surface area contributed by atoms with Gasteiger partial charge in [0.1, 0.15) is 5.75 Å². The highest BCUT2D eigenvalue weighted by Gasteiger charge is 2.25. The fourth-order valence-corrected chi connectivity index (χ4v) is 2.76. The second-order valence-electron chi connectivity index (χ2n) is 5.17. The van der Waals surface area contributed by atoms with Crippen molar-refractivity contribution in [3.8, 4) is 5.75 Å². The number of hydrogen-bond acceptors (Lipinski definition) is 3. The van der Waals surface area contributed by atoms with Gasteiger partial charge in [0.15, 0.2) is 0 Å². The molecule has 0 aromatic heterocycles. The number of amides is 1. The number of fused-ring (bicyclic) bond motifs is 1. The average Bonchev–Trinajstić information content (AvgIpc) is 2.90. The van der Waals surface area contributed by atoms with Crippen LogP contribution in [0, 0.1) is 0 Å². The Balaban J connectivity index is 1.83. The molecule has 0 aliphatic carbocycles. The van der Waals surface area contributed by atoms with Crippen molar-refractivity contribution >= 4 is 17.3 Å². The lowest BCUT2D eigenvalue weighted by atomic mass is 10.1. The first-order valence-corrected chi connectivity index (χ1v) is 6.99. The lowest BCUT2D eigenvalue weighted by Gasteiger charge is -2.18. The summed E-state index contributed by atoms with van der Waals surface area (Å²) in [4.78, 5) is 14.4. The summed E-state index contributed by atoms with van der Waals surface area (Å²) in [5.41, 5.74) is 9.54. The Morgan fingerprint density at radius 1 is 1.29 bits per heavy atom. The molecule has 0 saturated carbocycles. The van der Waals surface area contributed by atoms with Crippen LogP contribution in [0.5, 0.6) is 5.75 Å². The molecule has 3 rings (SSSR count). The topological polar surface area (TPSA) is 55.6 Å². The van der Waals surface area contributed by atoms with Crippen LogP contribution in [0.3, 0.4) is 0 Å². The quantitative estimate of drug-likeness (QED) is 0.880.